The molecule has 6 nitrogen and oxygen atoms in total. The van der Waals surface area contributed by atoms with Crippen LogP contribution in [0.1, 0.15) is 22.1 Å². The maximum atomic E-state index is 12.0. The van der Waals surface area contributed by atoms with Crippen LogP contribution in [-0.2, 0) is 6.61 Å². The summed E-state index contributed by atoms with van der Waals surface area (Å²) >= 11 is 0. The van der Waals surface area contributed by atoms with E-state index in [-0.39, 0.29) is 12.5 Å². The minimum Gasteiger partial charge on any atom is -0.484 e. The van der Waals surface area contributed by atoms with Gasteiger partial charge >= 0.3 is 0 Å². The zero-order chi connectivity index (χ0) is 16.1. The first-order chi connectivity index (χ1) is 11.2. The average Bonchev–Trinajstić information content (AvgIpc) is 3.00. The van der Waals surface area contributed by atoms with Gasteiger partial charge in [-0.15, -0.1) is 0 Å². The van der Waals surface area contributed by atoms with Crippen molar-refractivity contribution >= 4 is 11.6 Å². The molecule has 0 saturated heterocycles. The zero-order valence-electron chi connectivity index (χ0n) is 12.5. The monoisotopic (exact) mass is 309 g/mol. The lowest BCUT2D eigenvalue weighted by molar-refractivity contribution is 0.102. The van der Waals surface area contributed by atoms with Crippen LogP contribution in [0.3, 0.4) is 0 Å². The maximum Gasteiger partial charge on any atom is 0.264 e. The third-order valence-corrected chi connectivity index (χ3v) is 3.08. The van der Waals surface area contributed by atoms with E-state index in [0.29, 0.717) is 28.7 Å². The zero-order valence-corrected chi connectivity index (χ0v) is 12.5. The highest BCUT2D eigenvalue weighted by molar-refractivity contribution is 6.04. The summed E-state index contributed by atoms with van der Waals surface area (Å²) in [5.74, 6) is 1.49. The van der Waals surface area contributed by atoms with Gasteiger partial charge in [0.25, 0.3) is 11.8 Å². The molecule has 0 saturated carbocycles. The summed E-state index contributed by atoms with van der Waals surface area (Å²) in [7, 11) is 0. The molecule has 0 atom stereocenters. The van der Waals surface area contributed by atoms with Crippen molar-refractivity contribution < 1.29 is 14.1 Å². The van der Waals surface area contributed by atoms with Crippen molar-refractivity contribution in [3.8, 4) is 5.75 Å². The van der Waals surface area contributed by atoms with Crippen molar-refractivity contribution in [1.29, 1.82) is 0 Å². The van der Waals surface area contributed by atoms with Gasteiger partial charge in [-0.2, -0.15) is 4.98 Å². The SMILES string of the molecule is Cc1noc(COc2ccc(NC(=O)c3ccccc3)cc2)n1. The molecule has 6 heteroatoms. The molecule has 0 aliphatic rings. The van der Waals surface area contributed by atoms with Crippen LogP contribution in [-0.4, -0.2) is 16.0 Å². The molecule has 1 N–H and O–H groups in total. The average molecular weight is 309 g/mol. The van der Waals surface area contributed by atoms with Gasteiger partial charge in [0.15, 0.2) is 12.4 Å². The molecule has 0 aliphatic carbocycles. The van der Waals surface area contributed by atoms with E-state index < -0.39 is 0 Å². The number of carbonyl (C=O) groups is 1. The fraction of sp³-hybridized carbons (Fsp3) is 0.118. The molecule has 1 aromatic heterocycles. The Morgan fingerprint density at radius 2 is 1.87 bits per heavy atom. The molecule has 0 aliphatic heterocycles. The predicted molar refractivity (Wildman–Crippen MR) is 84.2 cm³/mol. The van der Waals surface area contributed by atoms with Gasteiger partial charge in [-0.3, -0.25) is 4.79 Å². The van der Waals surface area contributed by atoms with Gasteiger partial charge in [-0.1, -0.05) is 23.4 Å². The number of carbonyl (C=O) groups excluding carboxylic acids is 1. The highest BCUT2D eigenvalue weighted by Gasteiger charge is 2.06. The predicted octanol–water partition coefficient (Wildman–Crippen LogP) is 3.21. The molecule has 0 radical (unpaired) electrons. The summed E-state index contributed by atoms with van der Waals surface area (Å²) in [5, 5.41) is 6.52. The number of aryl methyl sites for hydroxylation is 1. The summed E-state index contributed by atoms with van der Waals surface area (Å²) in [6.07, 6.45) is 0. The highest BCUT2D eigenvalue weighted by Crippen LogP contribution is 2.17. The number of nitrogens with zero attached hydrogens (tertiary/aromatic N) is 2. The Kier molecular flexibility index (Phi) is 4.33. The maximum absolute atomic E-state index is 12.0. The highest BCUT2D eigenvalue weighted by atomic mass is 16.5. The third kappa shape index (κ3) is 3.94. The number of ether oxygens (including phenoxy) is 1. The van der Waals surface area contributed by atoms with E-state index in [9.17, 15) is 4.79 Å². The molecule has 3 rings (SSSR count). The smallest absolute Gasteiger partial charge is 0.264 e. The number of rotatable bonds is 5. The lowest BCUT2D eigenvalue weighted by Gasteiger charge is -2.07. The van der Waals surface area contributed by atoms with Crippen LogP contribution in [0.2, 0.25) is 0 Å². The lowest BCUT2D eigenvalue weighted by Crippen LogP contribution is -2.11. The van der Waals surface area contributed by atoms with E-state index in [1.807, 2.05) is 18.2 Å². The fourth-order valence-electron chi connectivity index (χ4n) is 1.97. The Labute approximate surface area is 133 Å². The second kappa shape index (κ2) is 6.74. The quantitative estimate of drug-likeness (QED) is 0.783. The molecular weight excluding hydrogens is 294 g/mol. The van der Waals surface area contributed by atoms with Crippen molar-refractivity contribution in [2.45, 2.75) is 13.5 Å². The second-order valence-electron chi connectivity index (χ2n) is 4.87. The number of hydrogen-bond acceptors (Lipinski definition) is 5. The molecule has 23 heavy (non-hydrogen) atoms. The van der Waals surface area contributed by atoms with Crippen LogP contribution in [0.25, 0.3) is 0 Å². The minimum absolute atomic E-state index is 0.152. The van der Waals surface area contributed by atoms with E-state index in [0.717, 1.165) is 0 Å². The number of amides is 1. The first-order valence-corrected chi connectivity index (χ1v) is 7.09. The lowest BCUT2D eigenvalue weighted by atomic mass is 10.2. The molecule has 0 spiro atoms. The minimum atomic E-state index is -0.152. The second-order valence-corrected chi connectivity index (χ2v) is 4.87. The van der Waals surface area contributed by atoms with Crippen LogP contribution in [0, 0.1) is 6.92 Å². The standard InChI is InChI=1S/C17H15N3O3/c1-12-18-16(23-20-12)11-22-15-9-7-14(8-10-15)19-17(21)13-5-3-2-4-6-13/h2-10H,11H2,1H3,(H,19,21). The molecular formula is C17H15N3O3. The van der Waals surface area contributed by atoms with E-state index in [1.54, 1.807) is 43.3 Å². The van der Waals surface area contributed by atoms with Gasteiger partial charge in [0.2, 0.25) is 0 Å². The summed E-state index contributed by atoms with van der Waals surface area (Å²) in [4.78, 5) is 16.1. The third-order valence-electron chi connectivity index (χ3n) is 3.08. The Bertz CT molecular complexity index is 782. The molecule has 0 bridgehead atoms. The molecule has 1 amide bonds. The van der Waals surface area contributed by atoms with E-state index in [4.69, 9.17) is 9.26 Å². The molecule has 0 unspecified atom stereocenters. The Morgan fingerprint density at radius 3 is 2.52 bits per heavy atom. The van der Waals surface area contributed by atoms with Crippen LogP contribution in [0.15, 0.2) is 59.1 Å². The van der Waals surface area contributed by atoms with Crippen molar-refractivity contribution in [1.82, 2.24) is 10.1 Å². The first-order valence-electron chi connectivity index (χ1n) is 7.09. The van der Waals surface area contributed by atoms with Crippen LogP contribution >= 0.6 is 0 Å². The summed E-state index contributed by atoms with van der Waals surface area (Å²) in [6.45, 7) is 1.95. The largest absolute Gasteiger partial charge is 0.484 e. The Morgan fingerprint density at radius 1 is 1.13 bits per heavy atom. The molecule has 1 heterocycles. The van der Waals surface area contributed by atoms with E-state index in [1.165, 1.54) is 0 Å². The first kappa shape index (κ1) is 14.8. The number of benzene rings is 2. The van der Waals surface area contributed by atoms with Crippen LogP contribution in [0.5, 0.6) is 5.75 Å². The Balaban J connectivity index is 1.57. The number of anilines is 1. The van der Waals surface area contributed by atoms with Gasteiger partial charge < -0.3 is 14.6 Å². The van der Waals surface area contributed by atoms with Gasteiger partial charge in [0, 0.05) is 11.3 Å². The van der Waals surface area contributed by atoms with Gasteiger partial charge in [-0.05, 0) is 43.3 Å². The van der Waals surface area contributed by atoms with Crippen molar-refractivity contribution in [2.75, 3.05) is 5.32 Å². The number of nitrogens with one attached hydrogen (secondary N) is 1. The van der Waals surface area contributed by atoms with Crippen LogP contribution in [0.4, 0.5) is 5.69 Å². The molecule has 2 aromatic carbocycles. The fourth-order valence-corrected chi connectivity index (χ4v) is 1.97. The van der Waals surface area contributed by atoms with Gasteiger partial charge in [0.05, 0.1) is 0 Å². The summed E-state index contributed by atoms with van der Waals surface area (Å²) < 4.78 is 10.5. The van der Waals surface area contributed by atoms with Crippen molar-refractivity contribution in [3.05, 3.63) is 71.9 Å². The normalized spacial score (nSPS) is 10.3. The van der Waals surface area contributed by atoms with Gasteiger partial charge in [-0.25, -0.2) is 0 Å². The number of hydrogen-bond donors (Lipinski definition) is 1. The molecule has 116 valence electrons. The van der Waals surface area contributed by atoms with Gasteiger partial charge in [0.1, 0.15) is 5.75 Å². The molecule has 3 aromatic rings. The van der Waals surface area contributed by atoms with Crippen molar-refractivity contribution in [2.24, 2.45) is 0 Å². The van der Waals surface area contributed by atoms with Crippen molar-refractivity contribution in [3.63, 3.8) is 0 Å². The Hall–Kier alpha value is -3.15. The number of aromatic nitrogens is 2. The summed E-state index contributed by atoms with van der Waals surface area (Å²) in [5.41, 5.74) is 1.31. The topological polar surface area (TPSA) is 77.3 Å². The van der Waals surface area contributed by atoms with E-state index in [2.05, 4.69) is 15.5 Å². The van der Waals surface area contributed by atoms with E-state index >= 15 is 0 Å². The summed E-state index contributed by atoms with van der Waals surface area (Å²) in [6, 6.07) is 16.1. The van der Waals surface area contributed by atoms with Crippen LogP contribution < -0.4 is 10.1 Å². The molecule has 0 fully saturated rings.